The van der Waals surface area contributed by atoms with Gasteiger partial charge in [-0.2, -0.15) is 0 Å². The van der Waals surface area contributed by atoms with Crippen LogP contribution in [0.2, 0.25) is 0 Å². The number of carbonyl (C=O) groups is 1. The third-order valence-electron chi connectivity index (χ3n) is 3.74. The van der Waals surface area contributed by atoms with Crippen molar-refractivity contribution in [2.45, 2.75) is 6.92 Å². The zero-order valence-corrected chi connectivity index (χ0v) is 15.8. The van der Waals surface area contributed by atoms with Crippen LogP contribution in [-0.2, 0) is 4.84 Å². The van der Waals surface area contributed by atoms with Crippen molar-refractivity contribution in [3.8, 4) is 0 Å². The van der Waals surface area contributed by atoms with Crippen LogP contribution in [0.4, 0.5) is 24.5 Å². The highest BCUT2D eigenvalue weighted by Gasteiger charge is 2.23. The number of hydroxylamine groups is 1. The van der Waals surface area contributed by atoms with Gasteiger partial charge in [-0.15, -0.1) is 0 Å². The molecule has 0 aliphatic heterocycles. The summed E-state index contributed by atoms with van der Waals surface area (Å²) in [7, 11) is 0. The number of aryl methyl sites for hydroxylation is 1. The molecule has 0 radical (unpaired) electrons. The van der Waals surface area contributed by atoms with Gasteiger partial charge in [-0.05, 0) is 30.7 Å². The van der Waals surface area contributed by atoms with E-state index in [-0.39, 0.29) is 43.1 Å². The lowest BCUT2D eigenvalue weighted by atomic mass is 10.1. The van der Waals surface area contributed by atoms with Gasteiger partial charge in [0.05, 0.1) is 30.1 Å². The van der Waals surface area contributed by atoms with Gasteiger partial charge in [0.25, 0.3) is 5.91 Å². The van der Waals surface area contributed by atoms with Crippen LogP contribution in [0.5, 0.6) is 0 Å². The van der Waals surface area contributed by atoms with Crippen molar-refractivity contribution in [2.75, 3.05) is 31.6 Å². The number of benzene rings is 2. The molecule has 2 aromatic rings. The number of hydrogen-bond donors (Lipinski definition) is 4. The molecular weight excluding hydrogens is 387 g/mol. The second-order valence-electron chi connectivity index (χ2n) is 6.02. The van der Waals surface area contributed by atoms with Gasteiger partial charge < -0.3 is 16.8 Å². The first-order valence-corrected chi connectivity index (χ1v) is 8.76. The minimum absolute atomic E-state index is 0.00951. The Hall–Kier alpha value is -2.95. The molecule has 1 amide bonds. The van der Waals surface area contributed by atoms with E-state index in [1.54, 1.807) is 13.0 Å². The Morgan fingerprint density at radius 3 is 2.59 bits per heavy atom. The molecule has 0 spiro atoms. The second kappa shape index (κ2) is 10.6. The standard InChI is InChI=1S/C19H22F3N5O2/c1-11-2-3-15(14(20)8-11)26-18-13(19(28)27-29-7-5-24)9-12(10-25-6-4-23)16(21)17(18)22/h2-3,8-10,26H,4-7,23-24H2,1H3,(H,27,28). The number of carbonyl (C=O) groups excluding carboxylic acids is 1. The van der Waals surface area contributed by atoms with Gasteiger partial charge in [0.1, 0.15) is 5.82 Å². The molecule has 0 saturated carbocycles. The highest BCUT2D eigenvalue weighted by Crippen LogP contribution is 2.30. The number of nitrogens with zero attached hydrogens (tertiary/aromatic N) is 1. The monoisotopic (exact) mass is 409 g/mol. The fraction of sp³-hybridized carbons (Fsp3) is 0.263. The van der Waals surface area contributed by atoms with Crippen LogP contribution in [0, 0.1) is 24.4 Å². The van der Waals surface area contributed by atoms with E-state index in [0.29, 0.717) is 5.56 Å². The Bertz CT molecular complexity index is 906. The highest BCUT2D eigenvalue weighted by molar-refractivity contribution is 6.01. The van der Waals surface area contributed by atoms with E-state index in [9.17, 15) is 18.0 Å². The largest absolute Gasteiger partial charge is 0.350 e. The van der Waals surface area contributed by atoms with Gasteiger partial charge in [-0.3, -0.25) is 14.6 Å². The molecule has 29 heavy (non-hydrogen) atoms. The lowest BCUT2D eigenvalue weighted by Gasteiger charge is -2.16. The maximum absolute atomic E-state index is 14.8. The molecule has 0 aromatic heterocycles. The number of halogens is 3. The zero-order chi connectivity index (χ0) is 21.4. The van der Waals surface area contributed by atoms with E-state index < -0.39 is 29.0 Å². The number of amides is 1. The molecule has 0 unspecified atom stereocenters. The molecule has 156 valence electrons. The summed E-state index contributed by atoms with van der Waals surface area (Å²) < 4.78 is 43.5. The molecule has 2 rings (SSSR count). The summed E-state index contributed by atoms with van der Waals surface area (Å²) in [5, 5.41) is 2.45. The van der Waals surface area contributed by atoms with Crippen LogP contribution < -0.4 is 22.3 Å². The number of nitrogens with one attached hydrogen (secondary N) is 2. The maximum atomic E-state index is 14.8. The Kier molecular flexibility index (Phi) is 8.13. The number of nitrogens with two attached hydrogens (primary N) is 2. The molecule has 6 N–H and O–H groups in total. The minimum Gasteiger partial charge on any atom is -0.350 e. The molecule has 0 heterocycles. The van der Waals surface area contributed by atoms with E-state index in [2.05, 4.69) is 15.8 Å². The first kappa shape index (κ1) is 22.3. The molecule has 0 saturated heterocycles. The van der Waals surface area contributed by atoms with Gasteiger partial charge in [0.15, 0.2) is 11.6 Å². The average molecular weight is 409 g/mol. The average Bonchev–Trinajstić information content (AvgIpc) is 2.69. The third-order valence-corrected chi connectivity index (χ3v) is 3.74. The summed E-state index contributed by atoms with van der Waals surface area (Å²) in [4.78, 5) is 21.2. The van der Waals surface area contributed by atoms with Gasteiger partial charge in [0, 0.05) is 24.9 Å². The van der Waals surface area contributed by atoms with Crippen LogP contribution >= 0.6 is 0 Å². The van der Waals surface area contributed by atoms with Gasteiger partial charge in [0.2, 0.25) is 0 Å². The normalized spacial score (nSPS) is 11.1. The molecule has 0 atom stereocenters. The fourth-order valence-electron chi connectivity index (χ4n) is 2.37. The van der Waals surface area contributed by atoms with E-state index in [1.807, 2.05) is 0 Å². The van der Waals surface area contributed by atoms with Crippen molar-refractivity contribution in [2.24, 2.45) is 16.5 Å². The van der Waals surface area contributed by atoms with E-state index >= 15 is 0 Å². The predicted octanol–water partition coefficient (Wildman–Crippen LogP) is 2.15. The molecule has 0 aliphatic rings. The van der Waals surface area contributed by atoms with Crippen molar-refractivity contribution in [3.63, 3.8) is 0 Å². The first-order chi connectivity index (χ1) is 13.9. The summed E-state index contributed by atoms with van der Waals surface area (Å²) in [6.45, 7) is 2.23. The van der Waals surface area contributed by atoms with Crippen molar-refractivity contribution in [1.82, 2.24) is 5.48 Å². The number of aliphatic imine (C=N–C) groups is 1. The Balaban J connectivity index is 2.50. The van der Waals surface area contributed by atoms with Crippen molar-refractivity contribution in [1.29, 1.82) is 0 Å². The Labute approximate surface area is 165 Å². The summed E-state index contributed by atoms with van der Waals surface area (Å²) in [6.07, 6.45) is 1.07. The fourth-order valence-corrected chi connectivity index (χ4v) is 2.37. The van der Waals surface area contributed by atoms with Crippen molar-refractivity contribution in [3.05, 3.63) is 58.4 Å². The van der Waals surface area contributed by atoms with Crippen LogP contribution in [0.1, 0.15) is 21.5 Å². The van der Waals surface area contributed by atoms with Gasteiger partial charge >= 0.3 is 0 Å². The minimum atomic E-state index is -1.37. The van der Waals surface area contributed by atoms with Crippen LogP contribution in [0.15, 0.2) is 29.3 Å². The van der Waals surface area contributed by atoms with Crippen molar-refractivity contribution < 1.29 is 22.8 Å². The topological polar surface area (TPSA) is 115 Å². The smallest absolute Gasteiger partial charge is 0.277 e. The molecule has 2 aromatic carbocycles. The van der Waals surface area contributed by atoms with Gasteiger partial charge in [-0.1, -0.05) is 6.07 Å². The maximum Gasteiger partial charge on any atom is 0.277 e. The van der Waals surface area contributed by atoms with Crippen LogP contribution in [0.3, 0.4) is 0 Å². The predicted molar refractivity (Wildman–Crippen MR) is 105 cm³/mol. The summed E-state index contributed by atoms with van der Waals surface area (Å²) >= 11 is 0. The summed E-state index contributed by atoms with van der Waals surface area (Å²) in [6, 6.07) is 5.23. The molecular formula is C19H22F3N5O2. The zero-order valence-electron chi connectivity index (χ0n) is 15.8. The number of anilines is 2. The van der Waals surface area contributed by atoms with Gasteiger partial charge in [-0.25, -0.2) is 18.7 Å². The van der Waals surface area contributed by atoms with Crippen LogP contribution in [-0.4, -0.2) is 38.4 Å². The highest BCUT2D eigenvalue weighted by atomic mass is 19.2. The Morgan fingerprint density at radius 1 is 1.17 bits per heavy atom. The lowest BCUT2D eigenvalue weighted by molar-refractivity contribution is 0.0344. The summed E-state index contributed by atoms with van der Waals surface area (Å²) in [5.74, 6) is -4.18. The van der Waals surface area contributed by atoms with E-state index in [0.717, 1.165) is 12.3 Å². The number of rotatable bonds is 9. The van der Waals surface area contributed by atoms with E-state index in [1.165, 1.54) is 12.1 Å². The first-order valence-electron chi connectivity index (χ1n) is 8.76. The molecule has 0 bridgehead atoms. The third kappa shape index (κ3) is 5.76. The van der Waals surface area contributed by atoms with Crippen molar-refractivity contribution >= 4 is 23.5 Å². The lowest BCUT2D eigenvalue weighted by Crippen LogP contribution is -2.27. The summed E-state index contributed by atoms with van der Waals surface area (Å²) in [5.41, 5.74) is 12.1. The quantitative estimate of drug-likeness (QED) is 0.288. The second-order valence-corrected chi connectivity index (χ2v) is 6.02. The molecule has 7 nitrogen and oxygen atoms in total. The molecule has 0 aliphatic carbocycles. The number of hydrogen-bond acceptors (Lipinski definition) is 6. The van der Waals surface area contributed by atoms with E-state index in [4.69, 9.17) is 16.3 Å². The molecule has 10 heteroatoms. The molecule has 0 fully saturated rings. The van der Waals surface area contributed by atoms with Crippen LogP contribution in [0.25, 0.3) is 0 Å². The Morgan fingerprint density at radius 2 is 1.93 bits per heavy atom. The SMILES string of the molecule is Cc1ccc(Nc2c(C(=O)NOCCN)cc(C=NCCN)c(F)c2F)c(F)c1.